The predicted molar refractivity (Wildman–Crippen MR) is 71.5 cm³/mol. The highest BCUT2D eigenvalue weighted by molar-refractivity contribution is 5.49. The highest BCUT2D eigenvalue weighted by Gasteiger charge is 2.35. The summed E-state index contributed by atoms with van der Waals surface area (Å²) >= 11 is 0. The van der Waals surface area contributed by atoms with Gasteiger partial charge in [0.1, 0.15) is 17.5 Å². The Hall–Kier alpha value is -1.32. The molecule has 1 heterocycles. The zero-order valence-electron chi connectivity index (χ0n) is 11.0. The Balaban J connectivity index is 2.19. The second-order valence-corrected chi connectivity index (χ2v) is 4.77. The van der Waals surface area contributed by atoms with Gasteiger partial charge in [-0.25, -0.2) is 9.97 Å². The van der Waals surface area contributed by atoms with Gasteiger partial charge in [-0.15, -0.1) is 0 Å². The maximum atomic E-state index is 4.55. The van der Waals surface area contributed by atoms with E-state index in [9.17, 15) is 0 Å². The largest absolute Gasteiger partial charge is 0.373 e. The van der Waals surface area contributed by atoms with Gasteiger partial charge in [-0.2, -0.15) is 0 Å². The maximum absolute atomic E-state index is 4.55. The molecule has 17 heavy (non-hydrogen) atoms. The van der Waals surface area contributed by atoms with E-state index >= 15 is 0 Å². The lowest BCUT2D eigenvalue weighted by Gasteiger charge is -2.42. The van der Waals surface area contributed by atoms with E-state index in [0.717, 1.165) is 30.3 Å². The molecule has 1 saturated carbocycles. The Bertz CT molecular complexity index is 357. The highest BCUT2D eigenvalue weighted by Crippen LogP contribution is 2.37. The van der Waals surface area contributed by atoms with Crippen LogP contribution in [0, 0.1) is 0 Å². The second kappa shape index (κ2) is 4.90. The summed E-state index contributed by atoms with van der Waals surface area (Å²) in [5.74, 6) is 2.75. The lowest BCUT2D eigenvalue weighted by atomic mass is 9.75. The number of anilines is 2. The molecule has 0 atom stereocenters. The summed E-state index contributed by atoms with van der Waals surface area (Å²) in [6, 6.07) is 1.99. The van der Waals surface area contributed by atoms with Crippen molar-refractivity contribution in [2.75, 3.05) is 17.7 Å². The smallest absolute Gasteiger partial charge is 0.132 e. The number of rotatable bonds is 5. The van der Waals surface area contributed by atoms with Crippen molar-refractivity contribution in [2.45, 2.75) is 51.5 Å². The third kappa shape index (κ3) is 2.51. The minimum atomic E-state index is 0.282. The van der Waals surface area contributed by atoms with Gasteiger partial charge < -0.3 is 10.6 Å². The zero-order valence-corrected chi connectivity index (χ0v) is 11.0. The predicted octanol–water partition coefficient (Wildman–Crippen LogP) is 2.83. The van der Waals surface area contributed by atoms with E-state index in [1.54, 1.807) is 0 Å². The van der Waals surface area contributed by atoms with Crippen molar-refractivity contribution >= 4 is 11.6 Å². The van der Waals surface area contributed by atoms with E-state index in [2.05, 4.69) is 34.4 Å². The van der Waals surface area contributed by atoms with Crippen molar-refractivity contribution < 1.29 is 0 Å². The minimum Gasteiger partial charge on any atom is -0.373 e. The van der Waals surface area contributed by atoms with E-state index in [-0.39, 0.29) is 5.54 Å². The van der Waals surface area contributed by atoms with Crippen LogP contribution in [0.25, 0.3) is 0 Å². The van der Waals surface area contributed by atoms with E-state index in [4.69, 9.17) is 0 Å². The molecule has 0 amide bonds. The van der Waals surface area contributed by atoms with Gasteiger partial charge >= 0.3 is 0 Å². The van der Waals surface area contributed by atoms with Crippen molar-refractivity contribution in [3.63, 3.8) is 0 Å². The quantitative estimate of drug-likeness (QED) is 0.822. The van der Waals surface area contributed by atoms with Gasteiger partial charge in [0.25, 0.3) is 0 Å². The van der Waals surface area contributed by atoms with Gasteiger partial charge in [-0.05, 0) is 25.7 Å². The fourth-order valence-electron chi connectivity index (χ4n) is 2.29. The topological polar surface area (TPSA) is 49.8 Å². The summed E-state index contributed by atoms with van der Waals surface area (Å²) < 4.78 is 0. The number of nitrogens with one attached hydrogen (secondary N) is 2. The molecular formula is C13H22N4. The normalized spacial score (nSPS) is 17.4. The SMILES string of the molecule is CCc1nc(NC)cc(NC2(CC)CCC2)n1. The highest BCUT2D eigenvalue weighted by atomic mass is 15.1. The van der Waals surface area contributed by atoms with Crippen LogP contribution in [-0.4, -0.2) is 22.6 Å². The first-order valence-electron chi connectivity index (χ1n) is 6.55. The van der Waals surface area contributed by atoms with Gasteiger partial charge in [0, 0.05) is 25.1 Å². The number of hydrogen-bond donors (Lipinski definition) is 2. The van der Waals surface area contributed by atoms with Gasteiger partial charge in [0.15, 0.2) is 0 Å². The van der Waals surface area contributed by atoms with Crippen LogP contribution < -0.4 is 10.6 Å². The van der Waals surface area contributed by atoms with E-state index < -0.39 is 0 Å². The minimum absolute atomic E-state index is 0.282. The fraction of sp³-hybridized carbons (Fsp3) is 0.692. The number of aromatic nitrogens is 2. The molecule has 1 aliphatic carbocycles. The van der Waals surface area contributed by atoms with Crippen LogP contribution in [0.5, 0.6) is 0 Å². The molecule has 4 heteroatoms. The Kier molecular flexibility index (Phi) is 3.50. The van der Waals surface area contributed by atoms with E-state index in [1.165, 1.54) is 19.3 Å². The maximum Gasteiger partial charge on any atom is 0.132 e. The van der Waals surface area contributed by atoms with Gasteiger partial charge in [-0.3, -0.25) is 0 Å². The number of aryl methyl sites for hydroxylation is 1. The first-order valence-corrected chi connectivity index (χ1v) is 6.55. The van der Waals surface area contributed by atoms with Crippen molar-refractivity contribution in [3.05, 3.63) is 11.9 Å². The molecule has 1 aromatic heterocycles. The van der Waals surface area contributed by atoms with Crippen LogP contribution in [0.3, 0.4) is 0 Å². The molecule has 0 saturated heterocycles. The molecule has 0 aliphatic heterocycles. The third-order valence-electron chi connectivity index (χ3n) is 3.73. The Morgan fingerprint density at radius 2 is 1.94 bits per heavy atom. The molecule has 0 aromatic carbocycles. The summed E-state index contributed by atoms with van der Waals surface area (Å²) in [6.07, 6.45) is 5.86. The van der Waals surface area contributed by atoms with Gasteiger partial charge in [-0.1, -0.05) is 13.8 Å². The van der Waals surface area contributed by atoms with Crippen molar-refractivity contribution in [1.29, 1.82) is 0 Å². The lowest BCUT2D eigenvalue weighted by molar-refractivity contribution is 0.268. The molecule has 1 fully saturated rings. The molecule has 94 valence electrons. The molecule has 0 unspecified atom stereocenters. The van der Waals surface area contributed by atoms with Crippen molar-refractivity contribution in [3.8, 4) is 0 Å². The second-order valence-electron chi connectivity index (χ2n) is 4.77. The standard InChI is InChI=1S/C13H22N4/c1-4-10-15-11(14-3)9-12(16-10)17-13(5-2)7-6-8-13/h9H,4-8H2,1-3H3,(H2,14,15,16,17). The summed E-state index contributed by atoms with van der Waals surface area (Å²) in [7, 11) is 1.89. The molecule has 1 aromatic rings. The van der Waals surface area contributed by atoms with E-state index in [1.807, 2.05) is 13.1 Å². The van der Waals surface area contributed by atoms with Crippen LogP contribution in [-0.2, 0) is 6.42 Å². The third-order valence-corrected chi connectivity index (χ3v) is 3.73. The Morgan fingerprint density at radius 1 is 1.24 bits per heavy atom. The zero-order chi connectivity index (χ0) is 12.3. The average molecular weight is 234 g/mol. The Labute approximate surface area is 103 Å². The average Bonchev–Trinajstić information content (AvgIpc) is 2.33. The molecule has 1 aliphatic rings. The molecule has 0 radical (unpaired) electrons. The monoisotopic (exact) mass is 234 g/mol. The molecule has 2 N–H and O–H groups in total. The van der Waals surface area contributed by atoms with Gasteiger partial charge in [0.05, 0.1) is 0 Å². The fourth-order valence-corrected chi connectivity index (χ4v) is 2.29. The molecule has 2 rings (SSSR count). The lowest BCUT2D eigenvalue weighted by Crippen LogP contribution is -2.44. The van der Waals surface area contributed by atoms with Crippen LogP contribution in [0.2, 0.25) is 0 Å². The number of hydrogen-bond acceptors (Lipinski definition) is 4. The first-order chi connectivity index (χ1) is 8.21. The van der Waals surface area contributed by atoms with Crippen LogP contribution in [0.1, 0.15) is 45.4 Å². The first kappa shape index (κ1) is 12.1. The summed E-state index contributed by atoms with van der Waals surface area (Å²) in [4.78, 5) is 8.96. The summed E-state index contributed by atoms with van der Waals surface area (Å²) in [5, 5.41) is 6.69. The van der Waals surface area contributed by atoms with Crippen LogP contribution in [0.4, 0.5) is 11.6 Å². The molecule has 4 nitrogen and oxygen atoms in total. The van der Waals surface area contributed by atoms with Crippen molar-refractivity contribution in [1.82, 2.24) is 9.97 Å². The van der Waals surface area contributed by atoms with Crippen LogP contribution in [0.15, 0.2) is 6.07 Å². The van der Waals surface area contributed by atoms with Crippen LogP contribution >= 0.6 is 0 Å². The van der Waals surface area contributed by atoms with E-state index in [0.29, 0.717) is 0 Å². The summed E-state index contributed by atoms with van der Waals surface area (Å²) in [6.45, 7) is 4.32. The molecule has 0 bridgehead atoms. The van der Waals surface area contributed by atoms with Crippen molar-refractivity contribution in [2.24, 2.45) is 0 Å². The Morgan fingerprint density at radius 3 is 2.41 bits per heavy atom. The molecular weight excluding hydrogens is 212 g/mol. The molecule has 0 spiro atoms. The number of nitrogens with zero attached hydrogens (tertiary/aromatic N) is 2. The summed E-state index contributed by atoms with van der Waals surface area (Å²) in [5.41, 5.74) is 0.282. The van der Waals surface area contributed by atoms with Gasteiger partial charge in [0.2, 0.25) is 0 Å².